The Morgan fingerprint density at radius 3 is 2.27 bits per heavy atom. The van der Waals surface area contributed by atoms with Crippen LogP contribution in [0.3, 0.4) is 0 Å². The lowest BCUT2D eigenvalue weighted by Gasteiger charge is -2.28. The van der Waals surface area contributed by atoms with E-state index in [4.69, 9.17) is 0 Å². The molecule has 6 heteroatoms. The second-order valence-electron chi connectivity index (χ2n) is 7.98. The molecule has 1 unspecified atom stereocenters. The molecule has 30 heavy (non-hydrogen) atoms. The van der Waals surface area contributed by atoms with E-state index in [0.29, 0.717) is 13.1 Å². The third-order valence-corrected chi connectivity index (χ3v) is 5.93. The van der Waals surface area contributed by atoms with E-state index in [1.54, 1.807) is 9.13 Å². The minimum Gasteiger partial charge on any atom is -0.353 e. The van der Waals surface area contributed by atoms with E-state index >= 15 is 0 Å². The van der Waals surface area contributed by atoms with Gasteiger partial charge < -0.3 is 5.32 Å². The average Bonchev–Trinajstić information content (AvgIpc) is 3.39. The van der Waals surface area contributed by atoms with Gasteiger partial charge in [0.1, 0.15) is 6.54 Å². The molecule has 0 bridgehead atoms. The number of para-hydroxylation sites is 2. The molecule has 158 valence electrons. The zero-order valence-corrected chi connectivity index (χ0v) is 17.6. The smallest absolute Gasteiger partial charge is 0.329 e. The van der Waals surface area contributed by atoms with Crippen LogP contribution in [0.2, 0.25) is 0 Å². The number of aromatic nitrogens is 2. The first-order valence-corrected chi connectivity index (χ1v) is 10.9. The molecule has 2 heterocycles. The molecular formula is C24H30N4O2. The summed E-state index contributed by atoms with van der Waals surface area (Å²) in [5.41, 5.74) is 2.80. The van der Waals surface area contributed by atoms with Crippen molar-refractivity contribution in [2.45, 2.75) is 45.3 Å². The largest absolute Gasteiger partial charge is 0.353 e. The van der Waals surface area contributed by atoms with Crippen molar-refractivity contribution in [3.05, 3.63) is 70.6 Å². The average molecular weight is 407 g/mol. The number of nitrogens with zero attached hydrogens (tertiary/aromatic N) is 3. The van der Waals surface area contributed by atoms with Crippen LogP contribution in [0.5, 0.6) is 0 Å². The van der Waals surface area contributed by atoms with Gasteiger partial charge in [-0.25, -0.2) is 4.79 Å². The molecule has 1 aliphatic rings. The standard InChI is InChI=1S/C24H30N4O2/c1-2-14-27-20-12-6-7-13-21(20)28(24(27)30)18-23(29)25-17-22(26-15-8-9-16-26)19-10-4-3-5-11-19/h3-7,10-13,22H,2,8-9,14-18H2,1H3,(H,25,29). The highest BCUT2D eigenvalue weighted by Crippen LogP contribution is 2.24. The quantitative estimate of drug-likeness (QED) is 0.625. The summed E-state index contributed by atoms with van der Waals surface area (Å²) < 4.78 is 3.35. The van der Waals surface area contributed by atoms with E-state index in [2.05, 4.69) is 22.3 Å². The fraction of sp³-hybridized carbons (Fsp3) is 0.417. The molecule has 1 aliphatic heterocycles. The van der Waals surface area contributed by atoms with Gasteiger partial charge in [0.05, 0.1) is 17.1 Å². The Hall–Kier alpha value is -2.86. The molecule has 1 atom stereocenters. The van der Waals surface area contributed by atoms with Gasteiger partial charge in [0.15, 0.2) is 0 Å². The van der Waals surface area contributed by atoms with E-state index < -0.39 is 0 Å². The van der Waals surface area contributed by atoms with Crippen LogP contribution in [-0.2, 0) is 17.9 Å². The molecule has 1 fully saturated rings. The van der Waals surface area contributed by atoms with Gasteiger partial charge in [-0.2, -0.15) is 0 Å². The van der Waals surface area contributed by atoms with Crippen LogP contribution in [0.1, 0.15) is 37.8 Å². The molecule has 0 aliphatic carbocycles. The molecule has 0 radical (unpaired) electrons. The van der Waals surface area contributed by atoms with Crippen molar-refractivity contribution in [2.75, 3.05) is 19.6 Å². The van der Waals surface area contributed by atoms with Gasteiger partial charge in [0.2, 0.25) is 5.91 Å². The number of hydrogen-bond donors (Lipinski definition) is 1. The first-order valence-electron chi connectivity index (χ1n) is 10.9. The summed E-state index contributed by atoms with van der Waals surface area (Å²) in [4.78, 5) is 28.2. The minimum atomic E-state index is -0.128. The topological polar surface area (TPSA) is 59.3 Å². The third-order valence-electron chi connectivity index (χ3n) is 5.93. The number of rotatable bonds is 8. The van der Waals surface area contributed by atoms with Gasteiger partial charge in [-0.3, -0.25) is 18.8 Å². The Balaban J connectivity index is 1.50. The number of benzene rings is 2. The molecule has 1 N–H and O–H groups in total. The van der Waals surface area contributed by atoms with Crippen molar-refractivity contribution in [2.24, 2.45) is 0 Å². The van der Waals surface area contributed by atoms with E-state index in [1.165, 1.54) is 18.4 Å². The van der Waals surface area contributed by atoms with E-state index in [-0.39, 0.29) is 24.2 Å². The van der Waals surface area contributed by atoms with Crippen LogP contribution in [0.25, 0.3) is 11.0 Å². The highest BCUT2D eigenvalue weighted by Gasteiger charge is 2.24. The van der Waals surface area contributed by atoms with Crippen molar-refractivity contribution in [3.63, 3.8) is 0 Å². The zero-order valence-electron chi connectivity index (χ0n) is 17.6. The molecular weight excluding hydrogens is 376 g/mol. The van der Waals surface area contributed by atoms with Crippen molar-refractivity contribution < 1.29 is 4.79 Å². The summed E-state index contributed by atoms with van der Waals surface area (Å²) in [6.45, 7) is 5.40. The Labute approximate surface area is 177 Å². The van der Waals surface area contributed by atoms with Gasteiger partial charge in [0.25, 0.3) is 0 Å². The summed E-state index contributed by atoms with van der Waals surface area (Å²) in [6.07, 6.45) is 3.27. The van der Waals surface area contributed by atoms with Gasteiger partial charge in [-0.05, 0) is 50.0 Å². The normalized spacial score (nSPS) is 15.5. The summed E-state index contributed by atoms with van der Waals surface area (Å²) in [6, 6.07) is 18.2. The summed E-state index contributed by atoms with van der Waals surface area (Å²) >= 11 is 0. The van der Waals surface area contributed by atoms with Gasteiger partial charge in [-0.15, -0.1) is 0 Å². The van der Waals surface area contributed by atoms with Crippen LogP contribution < -0.4 is 11.0 Å². The van der Waals surface area contributed by atoms with Gasteiger partial charge >= 0.3 is 5.69 Å². The highest BCUT2D eigenvalue weighted by molar-refractivity contribution is 5.81. The predicted molar refractivity (Wildman–Crippen MR) is 119 cm³/mol. The first-order chi connectivity index (χ1) is 14.7. The molecule has 6 nitrogen and oxygen atoms in total. The molecule has 1 aromatic heterocycles. The minimum absolute atomic E-state index is 0.0393. The Bertz CT molecular complexity index is 1050. The lowest BCUT2D eigenvalue weighted by Crippen LogP contribution is -2.39. The summed E-state index contributed by atoms with van der Waals surface area (Å²) in [5, 5.41) is 3.09. The van der Waals surface area contributed by atoms with E-state index in [1.807, 2.05) is 49.4 Å². The van der Waals surface area contributed by atoms with Crippen molar-refractivity contribution >= 4 is 16.9 Å². The SMILES string of the molecule is CCCn1c(=O)n(CC(=O)NCC(c2ccccc2)N2CCCC2)c2ccccc21. The van der Waals surface area contributed by atoms with Gasteiger partial charge in [0, 0.05) is 13.1 Å². The maximum absolute atomic E-state index is 12.9. The van der Waals surface area contributed by atoms with Crippen molar-refractivity contribution in [1.82, 2.24) is 19.4 Å². The number of imidazole rings is 1. The van der Waals surface area contributed by atoms with Gasteiger partial charge in [-0.1, -0.05) is 49.4 Å². The molecule has 1 saturated heterocycles. The monoisotopic (exact) mass is 406 g/mol. The van der Waals surface area contributed by atoms with Crippen molar-refractivity contribution in [3.8, 4) is 0 Å². The molecule has 1 amide bonds. The number of nitrogens with one attached hydrogen (secondary N) is 1. The highest BCUT2D eigenvalue weighted by atomic mass is 16.2. The number of carbonyl (C=O) groups is 1. The van der Waals surface area contributed by atoms with E-state index in [0.717, 1.165) is 30.5 Å². The number of fused-ring (bicyclic) bond motifs is 1. The maximum Gasteiger partial charge on any atom is 0.329 e. The fourth-order valence-corrected chi connectivity index (χ4v) is 4.46. The number of aryl methyl sites for hydroxylation is 1. The van der Waals surface area contributed by atoms with Crippen LogP contribution in [0.4, 0.5) is 0 Å². The molecule has 3 aromatic rings. The zero-order chi connectivity index (χ0) is 20.9. The molecule has 2 aromatic carbocycles. The number of amides is 1. The second kappa shape index (κ2) is 9.30. The maximum atomic E-state index is 12.9. The van der Waals surface area contributed by atoms with Crippen molar-refractivity contribution in [1.29, 1.82) is 0 Å². The number of carbonyl (C=O) groups excluding carboxylic acids is 1. The van der Waals surface area contributed by atoms with Crippen LogP contribution in [0.15, 0.2) is 59.4 Å². The molecule has 0 spiro atoms. The summed E-state index contributed by atoms with van der Waals surface area (Å²) in [5.74, 6) is -0.128. The Kier molecular flexibility index (Phi) is 6.33. The first kappa shape index (κ1) is 20.4. The van der Waals surface area contributed by atoms with Crippen LogP contribution in [0, 0.1) is 0 Å². The molecule has 4 rings (SSSR count). The Morgan fingerprint density at radius 2 is 1.60 bits per heavy atom. The Morgan fingerprint density at radius 1 is 0.967 bits per heavy atom. The lowest BCUT2D eigenvalue weighted by molar-refractivity contribution is -0.121. The van der Waals surface area contributed by atoms with Crippen LogP contribution in [-0.4, -0.2) is 39.6 Å². The second-order valence-corrected chi connectivity index (χ2v) is 7.98. The fourth-order valence-electron chi connectivity index (χ4n) is 4.46. The van der Waals surface area contributed by atoms with E-state index in [9.17, 15) is 9.59 Å². The predicted octanol–water partition coefficient (Wildman–Crippen LogP) is 3.17. The van der Waals surface area contributed by atoms with Crippen LogP contribution >= 0.6 is 0 Å². The summed E-state index contributed by atoms with van der Waals surface area (Å²) in [7, 11) is 0. The third kappa shape index (κ3) is 4.19. The molecule has 0 saturated carbocycles. The lowest BCUT2D eigenvalue weighted by atomic mass is 10.1. The number of likely N-dealkylation sites (tertiary alicyclic amines) is 1. The number of hydrogen-bond acceptors (Lipinski definition) is 3.